The monoisotopic (exact) mass is 418 g/mol. The number of hydrogen-bond acceptors (Lipinski definition) is 2. The molecule has 2 saturated carbocycles. The minimum atomic E-state index is 0.252. The van der Waals surface area contributed by atoms with Crippen LogP contribution in [-0.2, 0) is 5.41 Å². The maximum atomic E-state index is 4.95. The van der Waals surface area contributed by atoms with Crippen molar-refractivity contribution in [1.82, 2.24) is 15.5 Å². The van der Waals surface area contributed by atoms with Crippen molar-refractivity contribution in [1.29, 1.82) is 0 Å². The largest absolute Gasteiger partial charge is 0.357 e. The Hall–Kier alpha value is -1.07. The maximum absolute atomic E-state index is 4.95. The molecular formula is C21H31BrN4. The molecule has 26 heavy (non-hydrogen) atoms. The Morgan fingerprint density at radius 3 is 2.81 bits per heavy atom. The second-order valence-corrected chi connectivity index (χ2v) is 9.16. The highest BCUT2D eigenvalue weighted by Crippen LogP contribution is 2.48. The Morgan fingerprint density at radius 2 is 2.12 bits per heavy atom. The lowest BCUT2D eigenvalue weighted by Gasteiger charge is -2.18. The quantitative estimate of drug-likeness (QED) is 0.525. The molecule has 1 atom stereocenters. The van der Waals surface area contributed by atoms with Gasteiger partial charge in [0.05, 0.1) is 6.54 Å². The van der Waals surface area contributed by atoms with E-state index in [-0.39, 0.29) is 5.41 Å². The molecule has 4 nitrogen and oxygen atoms in total. The van der Waals surface area contributed by atoms with Crippen LogP contribution in [0, 0.1) is 5.92 Å². The van der Waals surface area contributed by atoms with Gasteiger partial charge in [0.1, 0.15) is 0 Å². The summed E-state index contributed by atoms with van der Waals surface area (Å²) in [5.41, 5.74) is 1.67. The van der Waals surface area contributed by atoms with Crippen LogP contribution in [0.4, 0.5) is 0 Å². The Balaban J connectivity index is 1.32. The zero-order valence-electron chi connectivity index (χ0n) is 15.8. The maximum Gasteiger partial charge on any atom is 0.191 e. The fraction of sp³-hybridized carbons (Fsp3) is 0.667. The summed E-state index contributed by atoms with van der Waals surface area (Å²) in [6.07, 6.45) is 6.64. The van der Waals surface area contributed by atoms with Gasteiger partial charge in [0.15, 0.2) is 5.96 Å². The van der Waals surface area contributed by atoms with E-state index in [1.807, 2.05) is 0 Å². The standard InChI is InChI=1S/C21H31BrN4/c1-2-23-20(24-13-16-8-11-26(14-16)19-6-7-19)25-15-21(9-10-21)17-4-3-5-18(22)12-17/h3-5,12,16,19H,2,6-11,13-15H2,1H3,(H2,23,24,25). The second kappa shape index (κ2) is 7.89. The molecule has 142 valence electrons. The predicted octanol–water partition coefficient (Wildman–Crippen LogP) is 3.52. The van der Waals surface area contributed by atoms with Crippen molar-refractivity contribution in [2.45, 2.75) is 50.5 Å². The third kappa shape index (κ3) is 4.42. The molecule has 1 unspecified atom stereocenters. The summed E-state index contributed by atoms with van der Waals surface area (Å²) in [6, 6.07) is 9.65. The first-order valence-corrected chi connectivity index (χ1v) is 11.0. The van der Waals surface area contributed by atoms with Gasteiger partial charge < -0.3 is 15.5 Å². The van der Waals surface area contributed by atoms with Gasteiger partial charge in [0.2, 0.25) is 0 Å². The molecule has 1 aromatic carbocycles. The molecule has 2 aliphatic carbocycles. The summed E-state index contributed by atoms with van der Waals surface area (Å²) in [4.78, 5) is 7.63. The first-order chi connectivity index (χ1) is 12.7. The topological polar surface area (TPSA) is 39.7 Å². The van der Waals surface area contributed by atoms with Crippen LogP contribution in [0.25, 0.3) is 0 Å². The van der Waals surface area contributed by atoms with E-state index in [2.05, 4.69) is 62.7 Å². The number of rotatable bonds is 7. The summed E-state index contributed by atoms with van der Waals surface area (Å²) in [6.45, 7) is 7.52. The molecule has 0 spiro atoms. The van der Waals surface area contributed by atoms with Gasteiger partial charge in [-0.15, -0.1) is 0 Å². The van der Waals surface area contributed by atoms with Crippen LogP contribution in [0.15, 0.2) is 33.7 Å². The van der Waals surface area contributed by atoms with Crippen LogP contribution in [0.3, 0.4) is 0 Å². The van der Waals surface area contributed by atoms with Crippen LogP contribution in [-0.4, -0.2) is 49.6 Å². The molecule has 1 aliphatic heterocycles. The molecule has 0 radical (unpaired) electrons. The highest BCUT2D eigenvalue weighted by atomic mass is 79.9. The molecule has 1 saturated heterocycles. The number of aliphatic imine (C=N–C) groups is 1. The molecule has 3 fully saturated rings. The Bertz CT molecular complexity index is 651. The van der Waals surface area contributed by atoms with Crippen molar-refractivity contribution in [3.8, 4) is 0 Å². The molecule has 1 aromatic rings. The summed E-state index contributed by atoms with van der Waals surface area (Å²) in [7, 11) is 0. The van der Waals surface area contributed by atoms with Gasteiger partial charge in [-0.1, -0.05) is 28.1 Å². The molecule has 5 heteroatoms. The minimum Gasteiger partial charge on any atom is -0.357 e. The highest BCUT2D eigenvalue weighted by Gasteiger charge is 2.44. The zero-order valence-corrected chi connectivity index (χ0v) is 17.4. The number of likely N-dealkylation sites (tertiary alicyclic amines) is 1. The average molecular weight is 419 g/mol. The van der Waals surface area contributed by atoms with E-state index < -0.39 is 0 Å². The minimum absolute atomic E-state index is 0.252. The Morgan fingerprint density at radius 1 is 1.27 bits per heavy atom. The van der Waals surface area contributed by atoms with Crippen molar-refractivity contribution in [2.75, 3.05) is 32.7 Å². The fourth-order valence-electron chi connectivity index (χ4n) is 4.12. The lowest BCUT2D eigenvalue weighted by Crippen LogP contribution is -2.41. The fourth-order valence-corrected chi connectivity index (χ4v) is 4.52. The summed E-state index contributed by atoms with van der Waals surface area (Å²) in [5.74, 6) is 1.75. The summed E-state index contributed by atoms with van der Waals surface area (Å²) >= 11 is 3.60. The molecule has 0 aromatic heterocycles. The molecule has 3 aliphatic rings. The van der Waals surface area contributed by atoms with Crippen LogP contribution < -0.4 is 10.6 Å². The molecule has 0 bridgehead atoms. The second-order valence-electron chi connectivity index (χ2n) is 8.25. The van der Waals surface area contributed by atoms with Crippen LogP contribution >= 0.6 is 15.9 Å². The number of guanidine groups is 1. The van der Waals surface area contributed by atoms with Crippen molar-refractivity contribution in [3.63, 3.8) is 0 Å². The lowest BCUT2D eigenvalue weighted by molar-refractivity contribution is 0.314. The van der Waals surface area contributed by atoms with Crippen LogP contribution in [0.1, 0.15) is 44.6 Å². The van der Waals surface area contributed by atoms with Crippen molar-refractivity contribution in [3.05, 3.63) is 34.3 Å². The van der Waals surface area contributed by atoms with E-state index in [1.165, 1.54) is 50.8 Å². The van der Waals surface area contributed by atoms with Gasteiger partial charge in [-0.05, 0) is 69.2 Å². The summed E-state index contributed by atoms with van der Waals surface area (Å²) in [5, 5.41) is 7.04. The van der Waals surface area contributed by atoms with Gasteiger partial charge >= 0.3 is 0 Å². The molecule has 2 N–H and O–H groups in total. The normalized spacial score (nSPS) is 25.3. The Kier molecular flexibility index (Phi) is 5.55. The van der Waals surface area contributed by atoms with Crippen molar-refractivity contribution < 1.29 is 0 Å². The van der Waals surface area contributed by atoms with Crippen LogP contribution in [0.5, 0.6) is 0 Å². The number of nitrogens with zero attached hydrogens (tertiary/aromatic N) is 2. The smallest absolute Gasteiger partial charge is 0.191 e. The van der Waals surface area contributed by atoms with Crippen molar-refractivity contribution >= 4 is 21.9 Å². The molecule has 4 rings (SSSR count). The van der Waals surface area contributed by atoms with E-state index in [4.69, 9.17) is 4.99 Å². The third-order valence-electron chi connectivity index (χ3n) is 6.11. The number of benzene rings is 1. The number of halogens is 1. The van der Waals surface area contributed by atoms with E-state index in [9.17, 15) is 0 Å². The van der Waals surface area contributed by atoms with Gasteiger partial charge in [-0.2, -0.15) is 0 Å². The molecule has 1 heterocycles. The average Bonchev–Trinajstić information content (AvgIpc) is 3.57. The van der Waals surface area contributed by atoms with Gasteiger partial charge in [-0.3, -0.25) is 4.99 Å². The van der Waals surface area contributed by atoms with Gasteiger partial charge in [0.25, 0.3) is 0 Å². The SMILES string of the molecule is CCNC(=NCC1(c2cccc(Br)c2)CC1)NCC1CCN(C2CC2)C1. The first-order valence-electron chi connectivity index (χ1n) is 10.2. The summed E-state index contributed by atoms with van der Waals surface area (Å²) < 4.78 is 1.16. The first kappa shape index (κ1) is 18.3. The predicted molar refractivity (Wildman–Crippen MR) is 112 cm³/mol. The van der Waals surface area contributed by atoms with E-state index >= 15 is 0 Å². The zero-order chi connectivity index (χ0) is 18.0. The van der Waals surface area contributed by atoms with E-state index in [0.717, 1.165) is 42.0 Å². The Labute approximate surface area is 166 Å². The van der Waals surface area contributed by atoms with Gasteiger partial charge in [0, 0.05) is 35.6 Å². The van der Waals surface area contributed by atoms with E-state index in [0.29, 0.717) is 0 Å². The molecular weight excluding hydrogens is 388 g/mol. The van der Waals surface area contributed by atoms with Crippen molar-refractivity contribution in [2.24, 2.45) is 10.9 Å². The number of nitrogens with one attached hydrogen (secondary N) is 2. The molecule has 0 amide bonds. The van der Waals surface area contributed by atoms with E-state index in [1.54, 1.807) is 0 Å². The number of hydrogen-bond donors (Lipinski definition) is 2. The van der Waals surface area contributed by atoms with Crippen LogP contribution in [0.2, 0.25) is 0 Å². The third-order valence-corrected chi connectivity index (χ3v) is 6.61. The lowest BCUT2D eigenvalue weighted by atomic mass is 9.96. The van der Waals surface area contributed by atoms with Gasteiger partial charge in [-0.25, -0.2) is 0 Å². The highest BCUT2D eigenvalue weighted by molar-refractivity contribution is 9.10.